The van der Waals surface area contributed by atoms with Crippen LogP contribution in [0.3, 0.4) is 0 Å². The molecule has 0 fully saturated rings. The largest absolute Gasteiger partial charge is 0.379 e. The Morgan fingerprint density at radius 2 is 1.95 bits per heavy atom. The fourth-order valence-corrected chi connectivity index (χ4v) is 2.12. The lowest BCUT2D eigenvalue weighted by Crippen LogP contribution is -2.08. The topological polar surface area (TPSA) is 55.2 Å². The molecule has 0 aromatic heterocycles. The lowest BCUT2D eigenvalue weighted by molar-refractivity contribution is -0.383. The molecule has 0 spiro atoms. The first-order chi connectivity index (χ1) is 9.59. The fourth-order valence-electron chi connectivity index (χ4n) is 1.88. The number of halogens is 2. The predicted molar refractivity (Wildman–Crippen MR) is 76.7 cm³/mol. The zero-order valence-electron chi connectivity index (χ0n) is 10.5. The van der Waals surface area contributed by atoms with E-state index in [-0.39, 0.29) is 16.5 Å². The van der Waals surface area contributed by atoms with Crippen molar-refractivity contribution in [2.24, 2.45) is 0 Å². The third kappa shape index (κ3) is 3.24. The van der Waals surface area contributed by atoms with Crippen LogP contribution in [0.4, 0.5) is 15.8 Å². The number of hydrogen-bond acceptors (Lipinski definition) is 3. The van der Waals surface area contributed by atoms with Gasteiger partial charge in [0.05, 0.1) is 4.92 Å². The van der Waals surface area contributed by atoms with Crippen LogP contribution >= 0.6 is 11.6 Å². The van der Waals surface area contributed by atoms with Crippen molar-refractivity contribution in [2.75, 3.05) is 11.9 Å². The van der Waals surface area contributed by atoms with Crippen molar-refractivity contribution in [2.45, 2.75) is 6.42 Å². The van der Waals surface area contributed by atoms with Gasteiger partial charge in [0, 0.05) is 6.54 Å². The maximum Gasteiger partial charge on any atom is 0.310 e. The van der Waals surface area contributed by atoms with Gasteiger partial charge in [0.2, 0.25) is 0 Å². The van der Waals surface area contributed by atoms with Crippen molar-refractivity contribution < 1.29 is 9.31 Å². The Hall–Kier alpha value is -2.14. The number of para-hydroxylation sites is 1. The number of nitro benzene ring substituents is 1. The Morgan fingerprint density at radius 1 is 1.20 bits per heavy atom. The zero-order chi connectivity index (χ0) is 14.5. The molecule has 0 heterocycles. The van der Waals surface area contributed by atoms with E-state index in [1.165, 1.54) is 12.1 Å². The number of nitrogens with one attached hydrogen (secondary N) is 1. The third-order valence-corrected chi connectivity index (χ3v) is 3.14. The number of rotatable bonds is 5. The molecule has 0 radical (unpaired) electrons. The van der Waals surface area contributed by atoms with Crippen LogP contribution in [0.15, 0.2) is 42.5 Å². The summed E-state index contributed by atoms with van der Waals surface area (Å²) < 4.78 is 13.4. The van der Waals surface area contributed by atoms with Gasteiger partial charge >= 0.3 is 5.69 Å². The molecule has 0 aliphatic carbocycles. The lowest BCUT2D eigenvalue weighted by Gasteiger charge is -2.08. The summed E-state index contributed by atoms with van der Waals surface area (Å²) in [6.07, 6.45) is 0.427. The monoisotopic (exact) mass is 294 g/mol. The second-order valence-electron chi connectivity index (χ2n) is 4.16. The molecule has 20 heavy (non-hydrogen) atoms. The molecule has 0 saturated carbocycles. The van der Waals surface area contributed by atoms with Gasteiger partial charge in [0.1, 0.15) is 16.5 Å². The molecule has 104 valence electrons. The molecule has 2 aromatic rings. The highest BCUT2D eigenvalue weighted by Gasteiger charge is 2.17. The average molecular weight is 295 g/mol. The second-order valence-corrected chi connectivity index (χ2v) is 4.57. The Kier molecular flexibility index (Phi) is 4.53. The van der Waals surface area contributed by atoms with E-state index < -0.39 is 4.92 Å². The Morgan fingerprint density at radius 3 is 2.65 bits per heavy atom. The Labute approximate surface area is 120 Å². The van der Waals surface area contributed by atoms with E-state index in [9.17, 15) is 14.5 Å². The summed E-state index contributed by atoms with van der Waals surface area (Å²) in [7, 11) is 0. The highest BCUT2D eigenvalue weighted by Crippen LogP contribution is 2.32. The zero-order valence-corrected chi connectivity index (χ0v) is 11.2. The van der Waals surface area contributed by atoms with Crippen LogP contribution in [-0.2, 0) is 6.42 Å². The van der Waals surface area contributed by atoms with E-state index in [0.29, 0.717) is 24.2 Å². The first-order valence-electron chi connectivity index (χ1n) is 6.00. The van der Waals surface area contributed by atoms with Crippen molar-refractivity contribution in [1.82, 2.24) is 0 Å². The number of nitrogens with zero attached hydrogens (tertiary/aromatic N) is 1. The van der Waals surface area contributed by atoms with Crippen molar-refractivity contribution in [3.8, 4) is 0 Å². The molecule has 0 saturated heterocycles. The third-order valence-electron chi connectivity index (χ3n) is 2.84. The van der Waals surface area contributed by atoms with Crippen LogP contribution < -0.4 is 5.32 Å². The van der Waals surface area contributed by atoms with Gasteiger partial charge in [-0.1, -0.05) is 35.9 Å². The van der Waals surface area contributed by atoms with Crippen LogP contribution in [0.25, 0.3) is 0 Å². The lowest BCUT2D eigenvalue weighted by atomic mass is 10.1. The first kappa shape index (κ1) is 14.3. The van der Waals surface area contributed by atoms with Crippen LogP contribution in [-0.4, -0.2) is 11.5 Å². The van der Waals surface area contributed by atoms with Gasteiger partial charge in [-0.2, -0.15) is 0 Å². The molecule has 0 unspecified atom stereocenters. The van der Waals surface area contributed by atoms with Crippen molar-refractivity contribution in [3.63, 3.8) is 0 Å². The predicted octanol–water partition coefficient (Wildman–Crippen LogP) is 4.04. The Bertz CT molecular complexity index is 634. The van der Waals surface area contributed by atoms with E-state index in [1.54, 1.807) is 30.3 Å². The van der Waals surface area contributed by atoms with Crippen LogP contribution in [0.2, 0.25) is 5.02 Å². The average Bonchev–Trinajstić information content (AvgIpc) is 2.40. The fraction of sp³-hybridized carbons (Fsp3) is 0.143. The molecule has 0 aliphatic heterocycles. The number of hydrogen-bond donors (Lipinski definition) is 1. The van der Waals surface area contributed by atoms with Gasteiger partial charge in [-0.15, -0.1) is 0 Å². The number of nitro groups is 1. The number of benzene rings is 2. The molecular weight excluding hydrogens is 283 g/mol. The smallest absolute Gasteiger partial charge is 0.310 e. The molecule has 0 atom stereocenters. The van der Waals surface area contributed by atoms with Crippen LogP contribution in [0.5, 0.6) is 0 Å². The molecule has 0 aliphatic rings. The molecule has 1 N–H and O–H groups in total. The van der Waals surface area contributed by atoms with Crippen LogP contribution in [0, 0.1) is 15.9 Å². The van der Waals surface area contributed by atoms with Crippen LogP contribution in [0.1, 0.15) is 5.56 Å². The summed E-state index contributed by atoms with van der Waals surface area (Å²) in [4.78, 5) is 10.4. The van der Waals surface area contributed by atoms with Gasteiger partial charge in [-0.3, -0.25) is 10.1 Å². The van der Waals surface area contributed by atoms with Crippen molar-refractivity contribution in [3.05, 3.63) is 69.0 Å². The van der Waals surface area contributed by atoms with E-state index in [1.807, 2.05) is 0 Å². The van der Waals surface area contributed by atoms with Crippen molar-refractivity contribution in [1.29, 1.82) is 0 Å². The molecule has 2 aromatic carbocycles. The summed E-state index contributed by atoms with van der Waals surface area (Å²) in [5.41, 5.74) is 0.728. The minimum absolute atomic E-state index is 0.0749. The summed E-state index contributed by atoms with van der Waals surface area (Å²) in [5.74, 6) is -0.283. The Balaban J connectivity index is 2.07. The van der Waals surface area contributed by atoms with Gasteiger partial charge in [-0.05, 0) is 30.2 Å². The highest BCUT2D eigenvalue weighted by atomic mass is 35.5. The molecule has 0 bridgehead atoms. The van der Waals surface area contributed by atoms with Gasteiger partial charge in [0.15, 0.2) is 0 Å². The molecule has 2 rings (SSSR count). The summed E-state index contributed by atoms with van der Waals surface area (Å²) in [5, 5.41) is 13.9. The van der Waals surface area contributed by atoms with E-state index in [2.05, 4.69) is 5.32 Å². The second kappa shape index (κ2) is 6.34. The highest BCUT2D eigenvalue weighted by molar-refractivity contribution is 6.33. The minimum atomic E-state index is -0.534. The quantitative estimate of drug-likeness (QED) is 0.669. The van der Waals surface area contributed by atoms with Gasteiger partial charge < -0.3 is 5.32 Å². The molecule has 0 amide bonds. The van der Waals surface area contributed by atoms with E-state index in [0.717, 1.165) is 0 Å². The van der Waals surface area contributed by atoms with Crippen molar-refractivity contribution >= 4 is 23.0 Å². The standard InChI is InChI=1S/C14H12ClFN2O2/c15-11-5-3-7-13(14(11)18(19)20)17-9-8-10-4-1-2-6-12(10)16/h1-7,17H,8-9H2. The van der Waals surface area contributed by atoms with Gasteiger partial charge in [-0.25, -0.2) is 4.39 Å². The van der Waals surface area contributed by atoms with Gasteiger partial charge in [0.25, 0.3) is 0 Å². The van der Waals surface area contributed by atoms with E-state index in [4.69, 9.17) is 11.6 Å². The summed E-state index contributed by atoms with van der Waals surface area (Å²) in [6.45, 7) is 0.377. The normalized spacial score (nSPS) is 10.3. The SMILES string of the molecule is O=[N+]([O-])c1c(Cl)cccc1NCCc1ccccc1F. The maximum atomic E-state index is 13.4. The number of anilines is 1. The van der Waals surface area contributed by atoms with E-state index >= 15 is 0 Å². The molecule has 6 heteroatoms. The summed E-state index contributed by atoms with van der Waals surface area (Å²) in [6, 6.07) is 11.1. The molecule has 4 nitrogen and oxygen atoms in total. The maximum absolute atomic E-state index is 13.4. The minimum Gasteiger partial charge on any atom is -0.379 e. The summed E-state index contributed by atoms with van der Waals surface area (Å²) >= 11 is 5.80. The first-order valence-corrected chi connectivity index (χ1v) is 6.37. The molecular formula is C14H12ClFN2O2.